The molecular formula is C30H50O. The van der Waals surface area contributed by atoms with E-state index in [1.807, 2.05) is 0 Å². The van der Waals surface area contributed by atoms with Gasteiger partial charge in [0.2, 0.25) is 0 Å². The Kier molecular flexibility index (Phi) is 4.65. The fourth-order valence-electron chi connectivity index (χ4n) is 11.2. The van der Waals surface area contributed by atoms with Crippen LogP contribution < -0.4 is 0 Å². The van der Waals surface area contributed by atoms with Gasteiger partial charge in [0.25, 0.3) is 0 Å². The fourth-order valence-corrected chi connectivity index (χ4v) is 11.2. The van der Waals surface area contributed by atoms with Crippen molar-refractivity contribution in [3.63, 3.8) is 0 Å². The van der Waals surface area contributed by atoms with Crippen LogP contribution in [0.3, 0.4) is 0 Å². The zero-order chi connectivity index (χ0) is 22.7. The molecule has 9 atom stereocenters. The topological polar surface area (TPSA) is 17.1 Å². The Morgan fingerprint density at radius 3 is 1.97 bits per heavy atom. The first kappa shape index (κ1) is 22.5. The van der Waals surface area contributed by atoms with E-state index >= 15 is 0 Å². The number of ketones is 1. The maximum atomic E-state index is 12.7. The Morgan fingerprint density at radius 1 is 0.645 bits per heavy atom. The first-order valence-corrected chi connectivity index (χ1v) is 13.7. The van der Waals surface area contributed by atoms with Crippen LogP contribution in [0.2, 0.25) is 0 Å². The zero-order valence-corrected chi connectivity index (χ0v) is 22.0. The predicted molar refractivity (Wildman–Crippen MR) is 130 cm³/mol. The molecule has 0 amide bonds. The summed E-state index contributed by atoms with van der Waals surface area (Å²) in [7, 11) is 0. The van der Waals surface area contributed by atoms with E-state index in [1.165, 1.54) is 57.8 Å². The standard InChI is InChI=1S/C30H50O/c1-20-21(31)9-10-22-27(20,5)12-11-23-28(22,6)16-18-30(8)24-19-25(2,3)13-14-26(24,4)15-17-29(23,30)7/h20,22-24H,9-19H2,1-8H3/t20-,22-,23-,24+,26-,27+,28-,29+,30+/m0/s1. The third-order valence-corrected chi connectivity index (χ3v) is 13.7. The van der Waals surface area contributed by atoms with E-state index in [2.05, 4.69) is 55.4 Å². The molecule has 0 aliphatic heterocycles. The number of fused-ring (bicyclic) bond motifs is 7. The van der Waals surface area contributed by atoms with Gasteiger partial charge in [0.1, 0.15) is 5.78 Å². The normalized spacial score (nSPS) is 58.5. The summed E-state index contributed by atoms with van der Waals surface area (Å²) in [6.45, 7) is 20.7. The quantitative estimate of drug-likeness (QED) is 0.379. The molecule has 0 saturated heterocycles. The van der Waals surface area contributed by atoms with Crippen molar-refractivity contribution in [2.45, 2.75) is 126 Å². The van der Waals surface area contributed by atoms with Gasteiger partial charge in [-0.25, -0.2) is 0 Å². The van der Waals surface area contributed by atoms with E-state index < -0.39 is 0 Å². The highest BCUT2D eigenvalue weighted by atomic mass is 16.1. The lowest BCUT2D eigenvalue weighted by atomic mass is 9.30. The van der Waals surface area contributed by atoms with E-state index in [0.717, 1.165) is 30.6 Å². The number of Topliss-reactive ketones (excluding diaryl/α,β-unsaturated/α-hetero) is 1. The minimum atomic E-state index is 0.237. The largest absolute Gasteiger partial charge is 0.299 e. The lowest BCUT2D eigenvalue weighted by Gasteiger charge is -2.74. The third kappa shape index (κ3) is 2.70. The van der Waals surface area contributed by atoms with Gasteiger partial charge in [0.15, 0.2) is 0 Å². The molecule has 0 unspecified atom stereocenters. The molecule has 0 spiro atoms. The molecule has 5 aliphatic carbocycles. The van der Waals surface area contributed by atoms with Crippen molar-refractivity contribution >= 4 is 5.78 Å². The molecule has 176 valence electrons. The van der Waals surface area contributed by atoms with Gasteiger partial charge in [0, 0.05) is 12.3 Å². The molecule has 5 fully saturated rings. The Balaban J connectivity index is 1.55. The molecule has 1 heteroatoms. The van der Waals surface area contributed by atoms with Gasteiger partial charge in [-0.05, 0) is 114 Å². The van der Waals surface area contributed by atoms with Crippen LogP contribution in [0.5, 0.6) is 0 Å². The van der Waals surface area contributed by atoms with Crippen molar-refractivity contribution in [1.82, 2.24) is 0 Å². The Morgan fingerprint density at radius 2 is 1.26 bits per heavy atom. The van der Waals surface area contributed by atoms with Gasteiger partial charge >= 0.3 is 0 Å². The van der Waals surface area contributed by atoms with Crippen LogP contribution in [-0.2, 0) is 4.79 Å². The molecule has 0 aromatic rings. The average Bonchev–Trinajstić information content (AvgIpc) is 2.69. The number of rotatable bonds is 0. The monoisotopic (exact) mass is 426 g/mol. The van der Waals surface area contributed by atoms with Crippen LogP contribution in [-0.4, -0.2) is 5.78 Å². The van der Waals surface area contributed by atoms with Crippen LogP contribution >= 0.6 is 0 Å². The van der Waals surface area contributed by atoms with Crippen molar-refractivity contribution in [2.75, 3.05) is 0 Å². The van der Waals surface area contributed by atoms with Gasteiger partial charge in [-0.1, -0.05) is 55.4 Å². The summed E-state index contributed by atoms with van der Waals surface area (Å²) in [5, 5.41) is 0. The smallest absolute Gasteiger partial charge is 0.136 e. The highest BCUT2D eigenvalue weighted by Gasteiger charge is 2.70. The Labute approximate surface area is 192 Å². The van der Waals surface area contributed by atoms with E-state index in [0.29, 0.717) is 32.9 Å². The summed E-state index contributed by atoms with van der Waals surface area (Å²) in [6.07, 6.45) is 14.6. The number of hydrogen-bond donors (Lipinski definition) is 0. The summed E-state index contributed by atoms with van der Waals surface area (Å²) in [4.78, 5) is 12.7. The zero-order valence-electron chi connectivity index (χ0n) is 22.0. The van der Waals surface area contributed by atoms with Crippen molar-refractivity contribution in [1.29, 1.82) is 0 Å². The van der Waals surface area contributed by atoms with E-state index in [1.54, 1.807) is 0 Å². The Bertz CT molecular complexity index is 781. The van der Waals surface area contributed by atoms with Crippen LogP contribution in [0.1, 0.15) is 126 Å². The van der Waals surface area contributed by atoms with Crippen LogP contribution in [0.4, 0.5) is 0 Å². The summed E-state index contributed by atoms with van der Waals surface area (Å²) in [5.74, 6) is 3.27. The highest BCUT2D eigenvalue weighted by Crippen LogP contribution is 2.78. The SMILES string of the molecule is C[C@H]1C(=O)CC[C@H]2[C@]1(C)CC[C@H]1[C@@]2(C)CC[C@]2(C)[C@@H]3CC(C)(C)CC[C@@]3(C)CC[C@]12C. The van der Waals surface area contributed by atoms with Crippen LogP contribution in [0.15, 0.2) is 0 Å². The number of carbonyl (C=O) groups is 1. The van der Waals surface area contributed by atoms with E-state index in [-0.39, 0.29) is 11.3 Å². The second-order valence-electron chi connectivity index (χ2n) is 15.3. The van der Waals surface area contributed by atoms with Gasteiger partial charge in [0.05, 0.1) is 0 Å². The first-order chi connectivity index (χ1) is 14.2. The van der Waals surface area contributed by atoms with E-state index in [9.17, 15) is 4.79 Å². The molecule has 0 radical (unpaired) electrons. The maximum Gasteiger partial charge on any atom is 0.136 e. The number of carbonyl (C=O) groups excluding carboxylic acids is 1. The van der Waals surface area contributed by atoms with Gasteiger partial charge in [-0.2, -0.15) is 0 Å². The molecule has 0 heterocycles. The highest BCUT2D eigenvalue weighted by molar-refractivity contribution is 5.82. The molecule has 0 aromatic carbocycles. The van der Waals surface area contributed by atoms with E-state index in [4.69, 9.17) is 0 Å². The second kappa shape index (κ2) is 6.41. The van der Waals surface area contributed by atoms with Gasteiger partial charge in [-0.3, -0.25) is 4.79 Å². The molecule has 5 aliphatic rings. The molecule has 0 bridgehead atoms. The molecule has 5 rings (SSSR count). The third-order valence-electron chi connectivity index (χ3n) is 13.7. The summed E-state index contributed by atoms with van der Waals surface area (Å²) >= 11 is 0. The minimum absolute atomic E-state index is 0.237. The molecule has 0 N–H and O–H groups in total. The van der Waals surface area contributed by atoms with Crippen molar-refractivity contribution in [3.8, 4) is 0 Å². The number of hydrogen-bond acceptors (Lipinski definition) is 1. The Hall–Kier alpha value is -0.330. The lowest BCUT2D eigenvalue weighted by Crippen LogP contribution is -2.67. The van der Waals surface area contributed by atoms with Crippen LogP contribution in [0.25, 0.3) is 0 Å². The van der Waals surface area contributed by atoms with Crippen LogP contribution in [0, 0.1) is 56.2 Å². The summed E-state index contributed by atoms with van der Waals surface area (Å²) in [5.41, 5.74) is 2.67. The van der Waals surface area contributed by atoms with Crippen molar-refractivity contribution in [2.24, 2.45) is 56.2 Å². The maximum absolute atomic E-state index is 12.7. The lowest BCUT2D eigenvalue weighted by molar-refractivity contribution is -0.256. The van der Waals surface area contributed by atoms with Crippen molar-refractivity contribution < 1.29 is 4.79 Å². The first-order valence-electron chi connectivity index (χ1n) is 13.7. The summed E-state index contributed by atoms with van der Waals surface area (Å²) < 4.78 is 0. The molecule has 1 nitrogen and oxygen atoms in total. The molecular weight excluding hydrogens is 376 g/mol. The van der Waals surface area contributed by atoms with Gasteiger partial charge < -0.3 is 0 Å². The molecule has 5 saturated carbocycles. The summed E-state index contributed by atoms with van der Waals surface area (Å²) in [6, 6.07) is 0. The average molecular weight is 427 g/mol. The predicted octanol–water partition coefficient (Wildman–Crippen LogP) is 8.46. The molecule has 0 aromatic heterocycles. The fraction of sp³-hybridized carbons (Fsp3) is 0.967. The molecule has 31 heavy (non-hydrogen) atoms. The van der Waals surface area contributed by atoms with Crippen molar-refractivity contribution in [3.05, 3.63) is 0 Å². The second-order valence-corrected chi connectivity index (χ2v) is 15.3. The minimum Gasteiger partial charge on any atom is -0.299 e. The van der Waals surface area contributed by atoms with Gasteiger partial charge in [-0.15, -0.1) is 0 Å².